The third-order valence-corrected chi connectivity index (χ3v) is 5.69. The Hall–Kier alpha value is -2.44. The number of anilines is 1. The van der Waals surface area contributed by atoms with E-state index in [9.17, 15) is 9.59 Å². The van der Waals surface area contributed by atoms with Gasteiger partial charge in [-0.1, -0.05) is 0 Å². The zero-order valence-corrected chi connectivity index (χ0v) is 14.8. The SMILES string of the molecule is COC(=O)C1C2CCC(C2)C1NC(=O)Nc1ccc2c(c1)OCCCO2. The van der Waals surface area contributed by atoms with Gasteiger partial charge in [0.05, 0.1) is 26.2 Å². The highest BCUT2D eigenvalue weighted by Gasteiger charge is 2.52. The van der Waals surface area contributed by atoms with Crippen LogP contribution in [0.5, 0.6) is 11.5 Å². The molecule has 26 heavy (non-hydrogen) atoms. The van der Waals surface area contributed by atoms with Crippen molar-refractivity contribution in [2.45, 2.75) is 31.7 Å². The largest absolute Gasteiger partial charge is 0.490 e. The molecule has 2 fully saturated rings. The topological polar surface area (TPSA) is 85.9 Å². The average molecular weight is 360 g/mol. The predicted octanol–water partition coefficient (Wildman–Crippen LogP) is 2.56. The lowest BCUT2D eigenvalue weighted by Crippen LogP contribution is -2.48. The van der Waals surface area contributed by atoms with Crippen LogP contribution in [0.2, 0.25) is 0 Å². The molecule has 2 N–H and O–H groups in total. The van der Waals surface area contributed by atoms with Gasteiger partial charge < -0.3 is 24.8 Å². The number of urea groups is 1. The smallest absolute Gasteiger partial charge is 0.319 e. The first-order valence-electron chi connectivity index (χ1n) is 9.20. The van der Waals surface area contributed by atoms with E-state index in [-0.39, 0.29) is 24.0 Å². The van der Waals surface area contributed by atoms with E-state index in [0.29, 0.717) is 42.2 Å². The highest BCUT2D eigenvalue weighted by molar-refractivity contribution is 5.90. The monoisotopic (exact) mass is 360 g/mol. The van der Waals surface area contributed by atoms with Gasteiger partial charge in [-0.15, -0.1) is 0 Å². The molecule has 2 bridgehead atoms. The first-order valence-corrected chi connectivity index (χ1v) is 9.20. The molecule has 2 amide bonds. The molecule has 0 radical (unpaired) electrons. The van der Waals surface area contributed by atoms with Crippen molar-refractivity contribution in [3.8, 4) is 11.5 Å². The molecular weight excluding hydrogens is 336 g/mol. The van der Waals surface area contributed by atoms with E-state index >= 15 is 0 Å². The van der Waals surface area contributed by atoms with Crippen molar-refractivity contribution in [1.29, 1.82) is 0 Å². The maximum Gasteiger partial charge on any atom is 0.319 e. The van der Waals surface area contributed by atoms with Gasteiger partial charge in [-0.3, -0.25) is 4.79 Å². The third-order valence-electron chi connectivity index (χ3n) is 5.69. The Kier molecular flexibility index (Phi) is 4.61. The number of rotatable bonds is 3. The lowest BCUT2D eigenvalue weighted by Gasteiger charge is -2.29. The zero-order valence-electron chi connectivity index (χ0n) is 14.8. The Bertz CT molecular complexity index is 707. The van der Waals surface area contributed by atoms with E-state index in [0.717, 1.165) is 25.7 Å². The van der Waals surface area contributed by atoms with Crippen LogP contribution < -0.4 is 20.1 Å². The van der Waals surface area contributed by atoms with Crippen molar-refractivity contribution in [2.24, 2.45) is 17.8 Å². The molecular formula is C19H24N2O5. The number of benzene rings is 1. The lowest BCUT2D eigenvalue weighted by atomic mass is 9.84. The van der Waals surface area contributed by atoms with Crippen molar-refractivity contribution in [2.75, 3.05) is 25.6 Å². The molecule has 3 aliphatic rings. The van der Waals surface area contributed by atoms with Crippen molar-refractivity contribution in [1.82, 2.24) is 5.32 Å². The molecule has 7 heteroatoms. The zero-order chi connectivity index (χ0) is 18.1. The van der Waals surface area contributed by atoms with Crippen molar-refractivity contribution in [3.05, 3.63) is 18.2 Å². The van der Waals surface area contributed by atoms with Gasteiger partial charge in [0.15, 0.2) is 11.5 Å². The molecule has 0 aromatic heterocycles. The fourth-order valence-electron chi connectivity index (χ4n) is 4.53. The van der Waals surface area contributed by atoms with Gasteiger partial charge in [-0.2, -0.15) is 0 Å². The summed E-state index contributed by atoms with van der Waals surface area (Å²) in [6, 6.07) is 4.86. The van der Waals surface area contributed by atoms with Gasteiger partial charge in [0.2, 0.25) is 0 Å². The number of hydrogen-bond acceptors (Lipinski definition) is 5. The van der Waals surface area contributed by atoms with Gasteiger partial charge in [-0.05, 0) is 43.2 Å². The van der Waals surface area contributed by atoms with E-state index in [1.807, 2.05) is 0 Å². The Morgan fingerprint density at radius 1 is 1.12 bits per heavy atom. The first kappa shape index (κ1) is 17.0. The molecule has 4 rings (SSSR count). The molecule has 1 heterocycles. The number of hydrogen-bond donors (Lipinski definition) is 2. The van der Waals surface area contributed by atoms with Gasteiger partial charge in [-0.25, -0.2) is 4.79 Å². The Balaban J connectivity index is 1.42. The van der Waals surface area contributed by atoms with Crippen LogP contribution in [0.1, 0.15) is 25.7 Å². The third kappa shape index (κ3) is 3.18. The second-order valence-electron chi connectivity index (χ2n) is 7.22. The summed E-state index contributed by atoms with van der Waals surface area (Å²) in [5.74, 6) is 1.51. The summed E-state index contributed by atoms with van der Waals surface area (Å²) in [5.41, 5.74) is 0.629. The van der Waals surface area contributed by atoms with Gasteiger partial charge in [0.25, 0.3) is 0 Å². The molecule has 4 atom stereocenters. The molecule has 2 aliphatic carbocycles. The minimum Gasteiger partial charge on any atom is -0.490 e. The summed E-state index contributed by atoms with van der Waals surface area (Å²) < 4.78 is 16.2. The summed E-state index contributed by atoms with van der Waals surface area (Å²) in [5, 5.41) is 5.83. The highest BCUT2D eigenvalue weighted by atomic mass is 16.5. The number of carbonyl (C=O) groups excluding carboxylic acids is 2. The summed E-state index contributed by atoms with van der Waals surface area (Å²) in [6.45, 7) is 1.22. The molecule has 1 aromatic rings. The maximum atomic E-state index is 12.5. The molecule has 1 aliphatic heterocycles. The number of amides is 2. The van der Waals surface area contributed by atoms with Crippen LogP contribution in [-0.4, -0.2) is 38.4 Å². The van der Waals surface area contributed by atoms with Gasteiger partial charge in [0, 0.05) is 24.2 Å². The van der Waals surface area contributed by atoms with Crippen LogP contribution in [0.25, 0.3) is 0 Å². The Morgan fingerprint density at radius 2 is 1.88 bits per heavy atom. The number of nitrogens with one attached hydrogen (secondary N) is 2. The van der Waals surface area contributed by atoms with Gasteiger partial charge in [0.1, 0.15) is 0 Å². The first-order chi connectivity index (χ1) is 12.7. The Morgan fingerprint density at radius 3 is 2.69 bits per heavy atom. The molecule has 0 spiro atoms. The average Bonchev–Trinajstić information content (AvgIpc) is 3.15. The Labute approximate surface area is 152 Å². The fourth-order valence-corrected chi connectivity index (χ4v) is 4.53. The minimum absolute atomic E-state index is 0.165. The normalized spacial score (nSPS) is 29.0. The molecule has 7 nitrogen and oxygen atoms in total. The number of fused-ring (bicyclic) bond motifs is 3. The second-order valence-corrected chi connectivity index (χ2v) is 7.22. The maximum absolute atomic E-state index is 12.5. The number of ether oxygens (including phenoxy) is 3. The van der Waals surface area contributed by atoms with Crippen LogP contribution in [0.4, 0.5) is 10.5 Å². The predicted molar refractivity (Wildman–Crippen MR) is 94.3 cm³/mol. The van der Waals surface area contributed by atoms with E-state index in [2.05, 4.69) is 10.6 Å². The number of methoxy groups -OCH3 is 1. The second kappa shape index (κ2) is 7.05. The molecule has 4 unspecified atom stereocenters. The highest BCUT2D eigenvalue weighted by Crippen LogP contribution is 2.49. The number of esters is 1. The van der Waals surface area contributed by atoms with Gasteiger partial charge >= 0.3 is 12.0 Å². The molecule has 140 valence electrons. The summed E-state index contributed by atoms with van der Waals surface area (Å²) in [4.78, 5) is 24.6. The lowest BCUT2D eigenvalue weighted by molar-refractivity contribution is -0.148. The van der Waals surface area contributed by atoms with Crippen LogP contribution in [0, 0.1) is 17.8 Å². The molecule has 1 aromatic carbocycles. The van der Waals surface area contributed by atoms with E-state index in [1.165, 1.54) is 7.11 Å². The van der Waals surface area contributed by atoms with Crippen LogP contribution in [0.15, 0.2) is 18.2 Å². The van der Waals surface area contributed by atoms with Crippen molar-refractivity contribution < 1.29 is 23.8 Å². The minimum atomic E-state index is -0.314. The quantitative estimate of drug-likeness (QED) is 0.809. The summed E-state index contributed by atoms with van der Waals surface area (Å²) in [7, 11) is 1.41. The fraction of sp³-hybridized carbons (Fsp3) is 0.579. The van der Waals surface area contributed by atoms with Crippen LogP contribution >= 0.6 is 0 Å². The molecule has 0 saturated heterocycles. The number of carbonyl (C=O) groups is 2. The van der Waals surface area contributed by atoms with E-state index < -0.39 is 0 Å². The summed E-state index contributed by atoms with van der Waals surface area (Å²) in [6.07, 6.45) is 3.89. The van der Waals surface area contributed by atoms with Crippen LogP contribution in [-0.2, 0) is 9.53 Å². The van der Waals surface area contributed by atoms with E-state index in [4.69, 9.17) is 14.2 Å². The van der Waals surface area contributed by atoms with E-state index in [1.54, 1.807) is 18.2 Å². The standard InChI is InChI=1S/C19H24N2O5/c1-24-18(22)16-11-3-4-12(9-11)17(16)21-19(23)20-13-5-6-14-15(10-13)26-8-2-7-25-14/h5-6,10-12,16-17H,2-4,7-9H2,1H3,(H2,20,21,23). The molecule has 2 saturated carbocycles. The van der Waals surface area contributed by atoms with Crippen molar-refractivity contribution >= 4 is 17.7 Å². The van der Waals surface area contributed by atoms with Crippen LogP contribution in [0.3, 0.4) is 0 Å². The summed E-state index contributed by atoms with van der Waals surface area (Å²) >= 11 is 0. The van der Waals surface area contributed by atoms with Crippen molar-refractivity contribution in [3.63, 3.8) is 0 Å².